The third-order valence-electron chi connectivity index (χ3n) is 2.50. The fourth-order valence-corrected chi connectivity index (χ4v) is 1.39. The van der Waals surface area contributed by atoms with Gasteiger partial charge in [0.15, 0.2) is 0 Å². The Bertz CT molecular complexity index is 353. The molecule has 6 heteroatoms. The van der Waals surface area contributed by atoms with Crippen LogP contribution in [0, 0.1) is 5.92 Å². The second-order valence-electron chi connectivity index (χ2n) is 4.08. The fraction of sp³-hybridized carbons (Fsp3) is 0.600. The molecule has 0 radical (unpaired) electrons. The first-order valence-corrected chi connectivity index (χ1v) is 5.16. The topological polar surface area (TPSA) is 93.2 Å². The third kappa shape index (κ3) is 2.52. The monoisotopic (exact) mass is 226 g/mol. The number of hydrogen-bond donors (Lipinski definition) is 3. The van der Waals surface area contributed by atoms with E-state index in [1.165, 1.54) is 10.9 Å². The van der Waals surface area contributed by atoms with Gasteiger partial charge in [-0.05, 0) is 5.92 Å². The Labute approximate surface area is 94.4 Å². The molecule has 1 unspecified atom stereocenters. The largest absolute Gasteiger partial charge is 0.396 e. The highest BCUT2D eigenvalue weighted by Crippen LogP contribution is 2.10. The summed E-state index contributed by atoms with van der Waals surface area (Å²) in [5.74, 6) is -0.159. The molecule has 1 aromatic heterocycles. The summed E-state index contributed by atoms with van der Waals surface area (Å²) in [6.07, 6.45) is 1.43. The van der Waals surface area contributed by atoms with Crippen LogP contribution < -0.4 is 11.1 Å². The number of aryl methyl sites for hydroxylation is 1. The highest BCUT2D eigenvalue weighted by atomic mass is 16.3. The van der Waals surface area contributed by atoms with Crippen molar-refractivity contribution in [2.45, 2.75) is 19.9 Å². The number of carbonyl (C=O) groups excluding carboxylic acids is 1. The summed E-state index contributed by atoms with van der Waals surface area (Å²) in [6.45, 7) is 3.75. The lowest BCUT2D eigenvalue weighted by Crippen LogP contribution is -2.42. The van der Waals surface area contributed by atoms with Crippen LogP contribution in [0.4, 0.5) is 5.69 Å². The average molecular weight is 226 g/mol. The van der Waals surface area contributed by atoms with E-state index in [4.69, 9.17) is 10.8 Å². The van der Waals surface area contributed by atoms with E-state index in [9.17, 15) is 4.79 Å². The first-order chi connectivity index (χ1) is 7.47. The summed E-state index contributed by atoms with van der Waals surface area (Å²) in [5.41, 5.74) is 6.28. The number of hydrogen-bond acceptors (Lipinski definition) is 4. The van der Waals surface area contributed by atoms with Crippen LogP contribution >= 0.6 is 0 Å². The molecule has 16 heavy (non-hydrogen) atoms. The number of rotatable bonds is 4. The van der Waals surface area contributed by atoms with Gasteiger partial charge in [-0.1, -0.05) is 13.8 Å². The molecule has 1 rings (SSSR count). The third-order valence-corrected chi connectivity index (χ3v) is 2.50. The molecule has 0 aromatic carbocycles. The van der Waals surface area contributed by atoms with Crippen LogP contribution in [-0.2, 0) is 7.05 Å². The second-order valence-corrected chi connectivity index (χ2v) is 4.08. The number of nitrogen functional groups attached to an aromatic ring is 1. The van der Waals surface area contributed by atoms with Gasteiger partial charge in [-0.15, -0.1) is 0 Å². The number of nitrogens with two attached hydrogens (primary N) is 1. The normalized spacial score (nSPS) is 12.8. The van der Waals surface area contributed by atoms with Crippen molar-refractivity contribution in [3.8, 4) is 0 Å². The second kappa shape index (κ2) is 4.98. The molecule has 0 aliphatic heterocycles. The zero-order valence-electron chi connectivity index (χ0n) is 9.77. The van der Waals surface area contributed by atoms with Crippen molar-refractivity contribution in [1.82, 2.24) is 15.1 Å². The van der Waals surface area contributed by atoms with Gasteiger partial charge in [-0.25, -0.2) is 0 Å². The summed E-state index contributed by atoms with van der Waals surface area (Å²) >= 11 is 0. The van der Waals surface area contributed by atoms with E-state index in [0.717, 1.165) is 0 Å². The van der Waals surface area contributed by atoms with Crippen molar-refractivity contribution in [2.75, 3.05) is 12.3 Å². The minimum atomic E-state index is -0.315. The molecule has 1 atom stereocenters. The standard InChI is InChI=1S/C10H18N4O2/c1-6(2)8(5-15)13-10(16)9-7(11)4-12-14(9)3/h4,6,8,15H,5,11H2,1-3H3,(H,13,16). The fourth-order valence-electron chi connectivity index (χ4n) is 1.39. The maximum atomic E-state index is 11.9. The number of aliphatic hydroxyl groups is 1. The molecule has 0 spiro atoms. The lowest BCUT2D eigenvalue weighted by Gasteiger charge is -2.19. The number of aliphatic hydroxyl groups excluding tert-OH is 1. The number of nitrogens with zero attached hydrogens (tertiary/aromatic N) is 2. The average Bonchev–Trinajstić information content (AvgIpc) is 2.54. The summed E-state index contributed by atoms with van der Waals surface area (Å²) in [4.78, 5) is 11.9. The molecule has 0 aliphatic carbocycles. The molecule has 1 aromatic rings. The molecule has 1 amide bonds. The molecular weight excluding hydrogens is 208 g/mol. The predicted octanol–water partition coefficient (Wildman–Crippen LogP) is -0.251. The van der Waals surface area contributed by atoms with Crippen LogP contribution in [0.1, 0.15) is 24.3 Å². The number of aromatic nitrogens is 2. The molecule has 90 valence electrons. The number of carbonyl (C=O) groups is 1. The summed E-state index contributed by atoms with van der Waals surface area (Å²) in [5, 5.41) is 15.7. The van der Waals surface area contributed by atoms with E-state index in [1.54, 1.807) is 7.05 Å². The Balaban J connectivity index is 2.80. The van der Waals surface area contributed by atoms with Crippen molar-refractivity contribution in [3.05, 3.63) is 11.9 Å². The van der Waals surface area contributed by atoms with Gasteiger partial charge < -0.3 is 16.2 Å². The van der Waals surface area contributed by atoms with Gasteiger partial charge in [0, 0.05) is 7.05 Å². The van der Waals surface area contributed by atoms with Gasteiger partial charge >= 0.3 is 0 Å². The van der Waals surface area contributed by atoms with E-state index >= 15 is 0 Å². The van der Waals surface area contributed by atoms with Crippen LogP contribution in [0.25, 0.3) is 0 Å². The molecular formula is C10H18N4O2. The highest BCUT2D eigenvalue weighted by molar-refractivity contribution is 5.97. The Morgan fingerprint density at radius 3 is 2.69 bits per heavy atom. The summed E-state index contributed by atoms with van der Waals surface area (Å²) < 4.78 is 1.42. The molecule has 1 heterocycles. The Morgan fingerprint density at radius 1 is 1.69 bits per heavy atom. The lowest BCUT2D eigenvalue weighted by atomic mass is 10.1. The van der Waals surface area contributed by atoms with Gasteiger partial charge in [-0.3, -0.25) is 9.48 Å². The van der Waals surface area contributed by atoms with Crippen LogP contribution in [0.3, 0.4) is 0 Å². The Morgan fingerprint density at radius 2 is 2.31 bits per heavy atom. The van der Waals surface area contributed by atoms with Crippen molar-refractivity contribution in [3.63, 3.8) is 0 Å². The van der Waals surface area contributed by atoms with Crippen LogP contribution in [0.5, 0.6) is 0 Å². The van der Waals surface area contributed by atoms with E-state index in [0.29, 0.717) is 11.4 Å². The lowest BCUT2D eigenvalue weighted by molar-refractivity contribution is 0.0888. The molecule has 0 saturated carbocycles. The minimum absolute atomic E-state index is 0.0961. The van der Waals surface area contributed by atoms with E-state index in [1.807, 2.05) is 13.8 Å². The quantitative estimate of drug-likeness (QED) is 0.660. The smallest absolute Gasteiger partial charge is 0.271 e. The molecule has 4 N–H and O–H groups in total. The van der Waals surface area contributed by atoms with Crippen LogP contribution in [-0.4, -0.2) is 33.4 Å². The van der Waals surface area contributed by atoms with Gasteiger partial charge in [0.2, 0.25) is 0 Å². The SMILES string of the molecule is CC(C)C(CO)NC(=O)c1c(N)cnn1C. The zero-order chi connectivity index (χ0) is 12.3. The van der Waals surface area contributed by atoms with Gasteiger partial charge in [0.25, 0.3) is 5.91 Å². The minimum Gasteiger partial charge on any atom is -0.396 e. The van der Waals surface area contributed by atoms with Crippen LogP contribution in [0.2, 0.25) is 0 Å². The maximum Gasteiger partial charge on any atom is 0.271 e. The molecule has 0 saturated heterocycles. The van der Waals surface area contributed by atoms with Gasteiger partial charge in [0.05, 0.1) is 24.5 Å². The van der Waals surface area contributed by atoms with Crippen molar-refractivity contribution >= 4 is 11.6 Å². The zero-order valence-corrected chi connectivity index (χ0v) is 9.77. The molecule has 6 nitrogen and oxygen atoms in total. The predicted molar refractivity (Wildman–Crippen MR) is 60.8 cm³/mol. The number of amides is 1. The first kappa shape index (κ1) is 12.5. The highest BCUT2D eigenvalue weighted by Gasteiger charge is 2.20. The van der Waals surface area contributed by atoms with Gasteiger partial charge in [0.1, 0.15) is 5.69 Å². The van der Waals surface area contributed by atoms with E-state index in [-0.39, 0.29) is 24.5 Å². The molecule has 0 fully saturated rings. The number of nitrogens with one attached hydrogen (secondary N) is 1. The van der Waals surface area contributed by atoms with E-state index in [2.05, 4.69) is 10.4 Å². The molecule has 0 aliphatic rings. The number of anilines is 1. The Kier molecular flexibility index (Phi) is 3.89. The summed E-state index contributed by atoms with van der Waals surface area (Å²) in [6, 6.07) is -0.276. The van der Waals surface area contributed by atoms with Crippen molar-refractivity contribution < 1.29 is 9.90 Å². The summed E-state index contributed by atoms with van der Waals surface area (Å²) in [7, 11) is 1.65. The van der Waals surface area contributed by atoms with Gasteiger partial charge in [-0.2, -0.15) is 5.10 Å². The van der Waals surface area contributed by atoms with Crippen molar-refractivity contribution in [2.24, 2.45) is 13.0 Å². The molecule has 0 bridgehead atoms. The van der Waals surface area contributed by atoms with E-state index < -0.39 is 0 Å². The van der Waals surface area contributed by atoms with Crippen molar-refractivity contribution in [1.29, 1.82) is 0 Å². The van der Waals surface area contributed by atoms with Crippen LogP contribution in [0.15, 0.2) is 6.20 Å². The maximum absolute atomic E-state index is 11.9. The Hall–Kier alpha value is -1.56. The first-order valence-electron chi connectivity index (χ1n) is 5.16.